The van der Waals surface area contributed by atoms with Gasteiger partial charge in [-0.05, 0) is 39.0 Å². The molecule has 0 aromatic carbocycles. The molecule has 0 radical (unpaired) electrons. The van der Waals surface area contributed by atoms with E-state index in [2.05, 4.69) is 4.72 Å². The van der Waals surface area contributed by atoms with Crippen LogP contribution in [0, 0.1) is 11.3 Å². The number of carbonyl (C=O) groups is 1. The fraction of sp³-hybridized carbons (Fsp3) is 0.941. The predicted octanol–water partition coefficient (Wildman–Crippen LogP) is 4.36. The predicted molar refractivity (Wildman–Crippen MR) is 94.3 cm³/mol. The van der Waals surface area contributed by atoms with E-state index in [9.17, 15) is 22.2 Å². The van der Waals surface area contributed by atoms with Crippen LogP contribution >= 0.6 is 0 Å². The van der Waals surface area contributed by atoms with Crippen molar-refractivity contribution in [1.29, 1.82) is 0 Å². The third-order valence-corrected chi connectivity index (χ3v) is 5.00. The molecule has 0 aromatic rings. The number of rotatable bonds is 8. The summed E-state index contributed by atoms with van der Waals surface area (Å²) in [6.45, 7) is 12.0. The molecule has 25 heavy (non-hydrogen) atoms. The second-order valence-corrected chi connectivity index (χ2v) is 10.4. The van der Waals surface area contributed by atoms with Gasteiger partial charge in [0.05, 0.1) is 28.3 Å². The minimum Gasteiger partial charge on any atom is -0.465 e. The van der Waals surface area contributed by atoms with Crippen LogP contribution in [-0.4, -0.2) is 33.8 Å². The molecule has 0 aliphatic rings. The number of ether oxygens (including phenoxy) is 1. The number of hydrogen-bond acceptors (Lipinski definition) is 3. The van der Waals surface area contributed by atoms with Gasteiger partial charge in [-0.3, -0.25) is 4.79 Å². The maximum absolute atomic E-state index is 13.6. The molecule has 0 aromatic heterocycles. The molecular weight excluding hydrogens is 355 g/mol. The maximum atomic E-state index is 13.6. The molecule has 0 fully saturated rings. The lowest BCUT2D eigenvalue weighted by Crippen LogP contribution is -2.54. The van der Waals surface area contributed by atoms with Crippen LogP contribution in [0.4, 0.5) is 13.2 Å². The molecule has 0 spiro atoms. The highest BCUT2D eigenvalue weighted by molar-refractivity contribution is 7.84. The molecule has 0 amide bonds. The Morgan fingerprint density at radius 2 is 1.64 bits per heavy atom. The average Bonchev–Trinajstić information content (AvgIpc) is 2.39. The van der Waals surface area contributed by atoms with Crippen LogP contribution in [0.2, 0.25) is 0 Å². The largest absolute Gasteiger partial charge is 0.465 e. The summed E-state index contributed by atoms with van der Waals surface area (Å²) in [6, 6.07) is -2.22. The summed E-state index contributed by atoms with van der Waals surface area (Å²) in [5.41, 5.74) is -0.525. The van der Waals surface area contributed by atoms with Crippen molar-refractivity contribution in [3.05, 3.63) is 0 Å². The fourth-order valence-electron chi connectivity index (χ4n) is 2.09. The Labute approximate surface area is 151 Å². The van der Waals surface area contributed by atoms with Crippen molar-refractivity contribution in [2.75, 3.05) is 6.61 Å². The van der Waals surface area contributed by atoms with E-state index in [0.29, 0.717) is 6.42 Å². The Morgan fingerprint density at radius 1 is 1.12 bits per heavy atom. The van der Waals surface area contributed by atoms with Gasteiger partial charge in [-0.25, -0.2) is 8.93 Å². The lowest BCUT2D eigenvalue weighted by Gasteiger charge is -2.33. The van der Waals surface area contributed by atoms with Gasteiger partial charge in [-0.15, -0.1) is 0 Å². The third-order valence-electron chi connectivity index (χ3n) is 3.42. The van der Waals surface area contributed by atoms with Crippen molar-refractivity contribution >= 4 is 17.0 Å². The third kappa shape index (κ3) is 9.58. The number of esters is 1. The van der Waals surface area contributed by atoms with E-state index in [1.54, 1.807) is 41.5 Å². The van der Waals surface area contributed by atoms with Crippen molar-refractivity contribution in [2.45, 2.75) is 84.7 Å². The number of halogens is 3. The van der Waals surface area contributed by atoms with Crippen molar-refractivity contribution in [3.63, 3.8) is 0 Å². The highest BCUT2D eigenvalue weighted by Crippen LogP contribution is 2.35. The minimum atomic E-state index is -4.72. The molecule has 3 atom stereocenters. The van der Waals surface area contributed by atoms with Crippen LogP contribution in [0.25, 0.3) is 0 Å². The van der Waals surface area contributed by atoms with E-state index < -0.39 is 45.3 Å². The zero-order valence-electron chi connectivity index (χ0n) is 16.3. The van der Waals surface area contributed by atoms with E-state index >= 15 is 0 Å². The molecule has 0 heterocycles. The second-order valence-electron chi connectivity index (χ2n) is 8.41. The van der Waals surface area contributed by atoms with Crippen LogP contribution in [-0.2, 0) is 20.5 Å². The van der Waals surface area contributed by atoms with E-state index in [0.717, 1.165) is 6.42 Å². The smallest absolute Gasteiger partial charge is 0.405 e. The summed E-state index contributed by atoms with van der Waals surface area (Å²) in [4.78, 5) is 12.4. The fourth-order valence-corrected chi connectivity index (χ4v) is 2.97. The van der Waals surface area contributed by atoms with Gasteiger partial charge in [0, 0.05) is 0 Å². The summed E-state index contributed by atoms with van der Waals surface area (Å²) in [6.07, 6.45) is -3.39. The van der Waals surface area contributed by atoms with Crippen LogP contribution in [0.15, 0.2) is 0 Å². The molecule has 0 unspecified atom stereocenters. The van der Waals surface area contributed by atoms with Gasteiger partial charge in [0.1, 0.15) is 6.04 Å². The zero-order chi connectivity index (χ0) is 20.1. The summed E-state index contributed by atoms with van der Waals surface area (Å²) >= 11 is 0. The molecule has 150 valence electrons. The first-order valence-electron chi connectivity index (χ1n) is 8.51. The molecule has 4 nitrogen and oxygen atoms in total. The molecule has 0 aliphatic carbocycles. The first-order valence-corrected chi connectivity index (χ1v) is 9.66. The molecular formula is C17H32F3NO3S. The second kappa shape index (κ2) is 9.35. The summed E-state index contributed by atoms with van der Waals surface area (Å²) in [5, 5.41) is 0. The Kier molecular flexibility index (Phi) is 9.11. The van der Waals surface area contributed by atoms with Gasteiger partial charge < -0.3 is 4.74 Å². The van der Waals surface area contributed by atoms with E-state index in [1.165, 1.54) is 0 Å². The molecule has 0 bridgehead atoms. The average molecular weight is 388 g/mol. The van der Waals surface area contributed by atoms with Crippen LogP contribution in [0.1, 0.15) is 67.7 Å². The van der Waals surface area contributed by atoms with Crippen molar-refractivity contribution in [1.82, 2.24) is 4.72 Å². The van der Waals surface area contributed by atoms with Crippen LogP contribution < -0.4 is 4.72 Å². The molecule has 0 rings (SSSR count). The first kappa shape index (κ1) is 24.4. The Hall–Kier alpha value is -0.630. The number of hydrogen-bond donors (Lipinski definition) is 1. The number of alkyl halides is 3. The summed E-state index contributed by atoms with van der Waals surface area (Å²) in [7, 11) is -1.96. The Balaban J connectivity index is 5.60. The SMILES string of the molecule is CCCCOC(=O)[C@@H](CC(C)(C)C)[C@H](N[S@@](=O)C(C)(C)C)C(F)(F)F. The van der Waals surface area contributed by atoms with E-state index in [1.807, 2.05) is 6.92 Å². The van der Waals surface area contributed by atoms with Gasteiger partial charge in [-0.1, -0.05) is 34.1 Å². The highest BCUT2D eigenvalue weighted by Gasteiger charge is 2.50. The molecule has 0 aliphatic heterocycles. The van der Waals surface area contributed by atoms with Gasteiger partial charge in [0.15, 0.2) is 0 Å². The zero-order valence-corrected chi connectivity index (χ0v) is 17.1. The molecule has 0 saturated carbocycles. The van der Waals surface area contributed by atoms with Gasteiger partial charge >= 0.3 is 12.1 Å². The highest BCUT2D eigenvalue weighted by atomic mass is 32.2. The quantitative estimate of drug-likeness (QED) is 0.497. The van der Waals surface area contributed by atoms with Crippen molar-refractivity contribution < 1.29 is 26.9 Å². The van der Waals surface area contributed by atoms with Crippen molar-refractivity contribution in [3.8, 4) is 0 Å². The van der Waals surface area contributed by atoms with Crippen molar-refractivity contribution in [2.24, 2.45) is 11.3 Å². The Morgan fingerprint density at radius 3 is 2.00 bits per heavy atom. The van der Waals surface area contributed by atoms with E-state index in [-0.39, 0.29) is 13.0 Å². The van der Waals surface area contributed by atoms with Crippen LogP contribution in [0.5, 0.6) is 0 Å². The maximum Gasteiger partial charge on any atom is 0.405 e. The lowest BCUT2D eigenvalue weighted by atomic mass is 9.81. The first-order chi connectivity index (χ1) is 11.1. The minimum absolute atomic E-state index is 0.0313. The topological polar surface area (TPSA) is 55.4 Å². The standard InChI is InChI=1S/C17H32F3NO3S/c1-8-9-10-24-14(22)12(11-15(2,3)4)13(17(18,19)20)21-25(23)16(5,6)7/h12-13,21H,8-11H2,1-7H3/t12-,13-,25-/m0/s1. The molecule has 8 heteroatoms. The number of carbonyl (C=O) groups excluding carboxylic acids is 1. The summed E-state index contributed by atoms with van der Waals surface area (Å²) in [5.74, 6) is -2.35. The molecule has 0 saturated heterocycles. The molecule has 1 N–H and O–H groups in total. The van der Waals surface area contributed by atoms with Gasteiger partial charge in [0.2, 0.25) is 0 Å². The number of unbranched alkanes of at least 4 members (excludes halogenated alkanes) is 1. The van der Waals surface area contributed by atoms with E-state index in [4.69, 9.17) is 4.74 Å². The van der Waals surface area contributed by atoms with Gasteiger partial charge in [-0.2, -0.15) is 13.2 Å². The lowest BCUT2D eigenvalue weighted by molar-refractivity contribution is -0.181. The van der Waals surface area contributed by atoms with Crippen LogP contribution in [0.3, 0.4) is 0 Å². The monoisotopic (exact) mass is 387 g/mol. The number of nitrogens with one attached hydrogen (secondary N) is 1. The Bertz CT molecular complexity index is 454. The van der Waals surface area contributed by atoms with Gasteiger partial charge in [0.25, 0.3) is 0 Å². The normalized spacial score (nSPS) is 17.0. The summed E-state index contributed by atoms with van der Waals surface area (Å²) < 4.78 is 59.4.